The smallest absolute Gasteiger partial charge is 0.318 e. The molecule has 9 heteroatoms. The Morgan fingerprint density at radius 2 is 2.00 bits per heavy atom. The maximum absolute atomic E-state index is 13.8. The van der Waals surface area contributed by atoms with E-state index in [4.69, 9.17) is 17.3 Å². The largest absolute Gasteiger partial charge is 0.351 e. The van der Waals surface area contributed by atoms with Crippen LogP contribution in [0.1, 0.15) is 10.4 Å². The van der Waals surface area contributed by atoms with Crippen molar-refractivity contribution in [3.8, 4) is 0 Å². The third kappa shape index (κ3) is 2.21. The Bertz CT molecular complexity index is 661. The Balaban J connectivity index is 2.41. The molecule has 20 heavy (non-hydrogen) atoms. The quantitative estimate of drug-likeness (QED) is 0.760. The molecule has 104 valence electrons. The van der Waals surface area contributed by atoms with Crippen molar-refractivity contribution in [3.05, 3.63) is 28.5 Å². The van der Waals surface area contributed by atoms with E-state index in [-0.39, 0.29) is 16.3 Å². The van der Waals surface area contributed by atoms with Gasteiger partial charge in [-0.1, -0.05) is 11.6 Å². The van der Waals surface area contributed by atoms with Crippen LogP contribution in [0.5, 0.6) is 0 Å². The number of urea groups is 1. The molecule has 1 aliphatic heterocycles. The van der Waals surface area contributed by atoms with Crippen LogP contribution in [-0.4, -0.2) is 30.2 Å². The molecule has 7 nitrogen and oxygen atoms in total. The zero-order valence-electron chi connectivity index (χ0n) is 9.78. The molecule has 0 saturated heterocycles. The molecule has 2 rings (SSSR count). The molecule has 1 aliphatic rings. The van der Waals surface area contributed by atoms with E-state index in [0.717, 1.165) is 12.1 Å². The predicted molar refractivity (Wildman–Crippen MR) is 65.8 cm³/mol. The summed E-state index contributed by atoms with van der Waals surface area (Å²) in [6, 6.07) is 0.972. The second-order valence-corrected chi connectivity index (χ2v) is 4.29. The van der Waals surface area contributed by atoms with Crippen LogP contribution in [-0.2, 0) is 9.59 Å². The number of Topliss-reactive ketones (excluding diaryl/α,β-unsaturated/α-hetero) is 1. The monoisotopic (exact) mass is 299 g/mol. The first-order valence-corrected chi connectivity index (χ1v) is 5.64. The standard InChI is InChI=1S/C11H7ClFN3O4/c12-4-1-2-5(13)8-7(4)9(18)10(19)16(8)3-6(17)15-11(14)20/h1-2H,3H2,(H3,14,15,17,20). The third-order valence-electron chi connectivity index (χ3n) is 2.58. The summed E-state index contributed by atoms with van der Waals surface area (Å²) in [5.41, 5.74) is 4.06. The topological polar surface area (TPSA) is 110 Å². The Kier molecular flexibility index (Phi) is 3.41. The first-order chi connectivity index (χ1) is 9.32. The highest BCUT2D eigenvalue weighted by Crippen LogP contribution is 2.36. The summed E-state index contributed by atoms with van der Waals surface area (Å²) >= 11 is 5.75. The van der Waals surface area contributed by atoms with Crippen molar-refractivity contribution < 1.29 is 23.6 Å². The van der Waals surface area contributed by atoms with E-state index in [0.29, 0.717) is 4.90 Å². The van der Waals surface area contributed by atoms with Crippen LogP contribution in [0.4, 0.5) is 14.9 Å². The van der Waals surface area contributed by atoms with Gasteiger partial charge in [-0.15, -0.1) is 0 Å². The Morgan fingerprint density at radius 3 is 2.60 bits per heavy atom. The molecular formula is C11H7ClFN3O4. The summed E-state index contributed by atoms with van der Waals surface area (Å²) in [5.74, 6) is -3.95. The molecule has 0 spiro atoms. The van der Waals surface area contributed by atoms with E-state index in [1.807, 2.05) is 0 Å². The van der Waals surface area contributed by atoms with Crippen molar-refractivity contribution in [1.82, 2.24) is 5.32 Å². The van der Waals surface area contributed by atoms with Crippen molar-refractivity contribution >= 4 is 40.9 Å². The van der Waals surface area contributed by atoms with Gasteiger partial charge in [0, 0.05) is 0 Å². The molecule has 1 aromatic rings. The Morgan fingerprint density at radius 1 is 1.35 bits per heavy atom. The maximum atomic E-state index is 13.8. The van der Waals surface area contributed by atoms with Gasteiger partial charge in [0.05, 0.1) is 16.3 Å². The van der Waals surface area contributed by atoms with E-state index in [1.165, 1.54) is 0 Å². The van der Waals surface area contributed by atoms with Gasteiger partial charge in [-0.25, -0.2) is 9.18 Å². The Hall–Kier alpha value is -2.48. The van der Waals surface area contributed by atoms with Crippen LogP contribution in [0, 0.1) is 5.82 Å². The first-order valence-electron chi connectivity index (χ1n) is 5.26. The summed E-state index contributed by atoms with van der Waals surface area (Å²) in [6.07, 6.45) is 0. The lowest BCUT2D eigenvalue weighted by molar-refractivity contribution is -0.121. The molecule has 0 aliphatic carbocycles. The Labute approximate surface area is 116 Å². The number of halogens is 2. The highest BCUT2D eigenvalue weighted by atomic mass is 35.5. The molecule has 0 fully saturated rings. The number of carbonyl (C=O) groups is 4. The van der Waals surface area contributed by atoms with E-state index >= 15 is 0 Å². The lowest BCUT2D eigenvalue weighted by Gasteiger charge is -2.16. The lowest BCUT2D eigenvalue weighted by Crippen LogP contribution is -2.44. The number of rotatable bonds is 2. The van der Waals surface area contributed by atoms with Gasteiger partial charge >= 0.3 is 6.03 Å². The predicted octanol–water partition coefficient (Wildman–Crippen LogP) is 0.203. The average molecular weight is 300 g/mol. The second kappa shape index (κ2) is 4.89. The van der Waals surface area contributed by atoms with Gasteiger partial charge in [0.25, 0.3) is 11.7 Å². The second-order valence-electron chi connectivity index (χ2n) is 3.89. The molecule has 0 atom stereocenters. The van der Waals surface area contributed by atoms with Crippen molar-refractivity contribution in [2.75, 3.05) is 11.4 Å². The number of primary amides is 1. The van der Waals surface area contributed by atoms with Crippen LogP contribution >= 0.6 is 11.6 Å². The van der Waals surface area contributed by atoms with Crippen LogP contribution in [0.2, 0.25) is 5.02 Å². The molecule has 0 bridgehead atoms. The highest BCUT2D eigenvalue weighted by Gasteiger charge is 2.40. The summed E-state index contributed by atoms with van der Waals surface area (Å²) in [6.45, 7) is -0.724. The van der Waals surface area contributed by atoms with Gasteiger partial charge < -0.3 is 5.73 Å². The zero-order chi connectivity index (χ0) is 15.0. The van der Waals surface area contributed by atoms with Gasteiger partial charge in [0.1, 0.15) is 12.4 Å². The fraction of sp³-hybridized carbons (Fsp3) is 0.0909. The molecular weight excluding hydrogens is 293 g/mol. The number of hydrogen-bond donors (Lipinski definition) is 2. The van der Waals surface area contributed by atoms with Gasteiger partial charge in [-0.3, -0.25) is 24.6 Å². The molecule has 0 unspecified atom stereocenters. The average Bonchev–Trinajstić information content (AvgIpc) is 2.59. The van der Waals surface area contributed by atoms with E-state index in [1.54, 1.807) is 5.32 Å². The third-order valence-corrected chi connectivity index (χ3v) is 2.89. The van der Waals surface area contributed by atoms with Gasteiger partial charge in [-0.05, 0) is 12.1 Å². The van der Waals surface area contributed by atoms with Crippen LogP contribution in [0.3, 0.4) is 0 Å². The van der Waals surface area contributed by atoms with Gasteiger partial charge in [-0.2, -0.15) is 0 Å². The number of benzene rings is 1. The van der Waals surface area contributed by atoms with Crippen LogP contribution in [0.25, 0.3) is 0 Å². The minimum atomic E-state index is -1.13. The van der Waals surface area contributed by atoms with Gasteiger partial charge in [0.15, 0.2) is 0 Å². The maximum Gasteiger partial charge on any atom is 0.318 e. The number of fused-ring (bicyclic) bond motifs is 1. The minimum Gasteiger partial charge on any atom is -0.351 e. The van der Waals surface area contributed by atoms with Crippen LogP contribution < -0.4 is 16.0 Å². The van der Waals surface area contributed by atoms with Crippen molar-refractivity contribution in [3.63, 3.8) is 0 Å². The number of nitrogens with two attached hydrogens (primary N) is 1. The molecule has 0 radical (unpaired) electrons. The zero-order valence-corrected chi connectivity index (χ0v) is 10.5. The fourth-order valence-electron chi connectivity index (χ4n) is 1.82. The number of imide groups is 1. The van der Waals surface area contributed by atoms with Crippen molar-refractivity contribution in [2.24, 2.45) is 5.73 Å². The number of nitrogens with one attached hydrogen (secondary N) is 1. The summed E-state index contributed by atoms with van der Waals surface area (Å²) < 4.78 is 13.8. The van der Waals surface area contributed by atoms with Crippen LogP contribution in [0.15, 0.2) is 12.1 Å². The van der Waals surface area contributed by atoms with E-state index in [9.17, 15) is 23.6 Å². The number of ketones is 1. The number of carbonyl (C=O) groups excluding carboxylic acids is 4. The van der Waals surface area contributed by atoms with Crippen molar-refractivity contribution in [1.29, 1.82) is 0 Å². The van der Waals surface area contributed by atoms with Crippen molar-refractivity contribution in [2.45, 2.75) is 0 Å². The molecule has 1 aromatic carbocycles. The first kappa shape index (κ1) is 13.9. The summed E-state index contributed by atoms with van der Waals surface area (Å²) in [5, 5.41) is 1.61. The SMILES string of the molecule is NC(=O)NC(=O)CN1C(=O)C(=O)c2c(Cl)ccc(F)c21. The number of amides is 4. The number of anilines is 1. The molecule has 3 N–H and O–H groups in total. The molecule has 4 amide bonds. The molecule has 0 aromatic heterocycles. The summed E-state index contributed by atoms with van der Waals surface area (Å²) in [7, 11) is 0. The highest BCUT2D eigenvalue weighted by molar-refractivity contribution is 6.55. The molecule has 1 heterocycles. The van der Waals surface area contributed by atoms with E-state index in [2.05, 4.69) is 0 Å². The summed E-state index contributed by atoms with van der Waals surface area (Å²) in [4.78, 5) is 46.0. The fourth-order valence-corrected chi connectivity index (χ4v) is 2.06. The normalized spacial score (nSPS) is 13.4. The molecule has 0 saturated carbocycles. The van der Waals surface area contributed by atoms with E-state index < -0.39 is 36.0 Å². The van der Waals surface area contributed by atoms with Gasteiger partial charge in [0.2, 0.25) is 5.91 Å². The lowest BCUT2D eigenvalue weighted by atomic mass is 10.1. The minimum absolute atomic E-state index is 0.0995. The number of hydrogen-bond acceptors (Lipinski definition) is 4. The number of nitrogens with zero attached hydrogens (tertiary/aromatic N) is 1.